The van der Waals surface area contributed by atoms with Crippen LogP contribution in [0.1, 0.15) is 174 Å². The largest absolute Gasteiger partial charge is 0.472 e. The van der Waals surface area contributed by atoms with Crippen LogP contribution < -0.4 is 5.73 Å². The molecule has 0 spiro atoms. The Labute approximate surface area is 317 Å². The van der Waals surface area contributed by atoms with E-state index in [4.69, 9.17) is 24.3 Å². The van der Waals surface area contributed by atoms with Gasteiger partial charge in [0.2, 0.25) is 0 Å². The van der Waals surface area contributed by atoms with E-state index in [0.717, 1.165) is 64.2 Å². The lowest BCUT2D eigenvalue weighted by molar-refractivity contribution is -0.161. The van der Waals surface area contributed by atoms with Crippen molar-refractivity contribution in [2.75, 3.05) is 26.4 Å². The van der Waals surface area contributed by atoms with E-state index in [9.17, 15) is 19.0 Å². The maximum absolute atomic E-state index is 12.6. The van der Waals surface area contributed by atoms with Gasteiger partial charge in [0.15, 0.2) is 6.10 Å². The molecule has 10 heteroatoms. The number of nitrogens with two attached hydrogens (primary N) is 1. The van der Waals surface area contributed by atoms with E-state index in [0.29, 0.717) is 12.8 Å². The van der Waals surface area contributed by atoms with Crippen molar-refractivity contribution in [2.24, 2.45) is 5.73 Å². The van der Waals surface area contributed by atoms with Gasteiger partial charge in [-0.25, -0.2) is 4.57 Å². The van der Waals surface area contributed by atoms with E-state index >= 15 is 0 Å². The van der Waals surface area contributed by atoms with Crippen LogP contribution in [0.4, 0.5) is 0 Å². The lowest BCUT2D eigenvalue weighted by Crippen LogP contribution is -2.29. The molecule has 3 N–H and O–H groups in total. The highest BCUT2D eigenvalue weighted by molar-refractivity contribution is 7.47. The van der Waals surface area contributed by atoms with E-state index in [-0.39, 0.29) is 32.6 Å². The van der Waals surface area contributed by atoms with Gasteiger partial charge in [-0.3, -0.25) is 18.6 Å². The fourth-order valence-electron chi connectivity index (χ4n) is 5.34. The second kappa shape index (κ2) is 38.7. The number of allylic oxidation sites excluding steroid dienone is 8. The zero-order chi connectivity index (χ0) is 38.2. The van der Waals surface area contributed by atoms with Gasteiger partial charge in [-0.2, -0.15) is 0 Å². The second-order valence-corrected chi connectivity index (χ2v) is 14.9. The number of hydrogen-bond donors (Lipinski definition) is 2. The number of ether oxygens (including phenoxy) is 2. The lowest BCUT2D eigenvalue weighted by Gasteiger charge is -2.19. The van der Waals surface area contributed by atoms with Crippen LogP contribution in [0.2, 0.25) is 0 Å². The molecule has 9 nitrogen and oxygen atoms in total. The molecule has 2 atom stereocenters. The number of carbonyl (C=O) groups is 2. The number of hydrogen-bond acceptors (Lipinski definition) is 8. The van der Waals surface area contributed by atoms with Crippen LogP contribution in [-0.4, -0.2) is 49.3 Å². The molecule has 0 amide bonds. The van der Waals surface area contributed by atoms with E-state index in [1.54, 1.807) is 0 Å². The van der Waals surface area contributed by atoms with Gasteiger partial charge in [-0.15, -0.1) is 0 Å². The Bertz CT molecular complexity index is 996. The normalized spacial score (nSPS) is 13.8. The Kier molecular flexibility index (Phi) is 37.2. The summed E-state index contributed by atoms with van der Waals surface area (Å²) in [5, 5.41) is 0. The van der Waals surface area contributed by atoms with E-state index in [1.165, 1.54) is 70.6 Å². The molecule has 0 fully saturated rings. The van der Waals surface area contributed by atoms with Crippen LogP contribution in [-0.2, 0) is 32.7 Å². The lowest BCUT2D eigenvalue weighted by atomic mass is 10.1. The Hall–Kier alpha value is -2.03. The first-order valence-corrected chi connectivity index (χ1v) is 22.1. The molecule has 0 aliphatic rings. The van der Waals surface area contributed by atoms with Crippen LogP contribution in [0, 0.1) is 0 Å². The number of esters is 2. The standard InChI is InChI=1S/C42H76NO8P/c1-3-5-7-9-11-13-15-17-19-21-23-25-27-29-31-33-35-42(45)51-40(39-50-52(46,47)49-37-36-43)38-48-41(44)34-32-30-28-26-24-22-20-18-16-14-12-10-8-6-4-2/h12,14,18-21,24,26,40H,3-11,13,15-17,22-23,25,27-39,43H2,1-2H3,(H,46,47)/b14-12-,20-18-,21-19-,26-24-/t40-/m1/s1. The van der Waals surface area contributed by atoms with Gasteiger partial charge in [0.25, 0.3) is 0 Å². The van der Waals surface area contributed by atoms with Crippen molar-refractivity contribution in [2.45, 2.75) is 180 Å². The molecule has 0 heterocycles. The summed E-state index contributed by atoms with van der Waals surface area (Å²) in [5.74, 6) is -0.885. The molecule has 0 rings (SSSR count). The highest BCUT2D eigenvalue weighted by Crippen LogP contribution is 2.43. The van der Waals surface area contributed by atoms with Crippen molar-refractivity contribution in [1.82, 2.24) is 0 Å². The topological polar surface area (TPSA) is 134 Å². The Balaban J connectivity index is 4.27. The molecule has 302 valence electrons. The van der Waals surface area contributed by atoms with Gasteiger partial charge in [0, 0.05) is 19.4 Å². The van der Waals surface area contributed by atoms with Gasteiger partial charge < -0.3 is 20.1 Å². The van der Waals surface area contributed by atoms with Gasteiger partial charge in [-0.05, 0) is 77.0 Å². The minimum absolute atomic E-state index is 0.0455. The van der Waals surface area contributed by atoms with E-state index < -0.39 is 32.5 Å². The summed E-state index contributed by atoms with van der Waals surface area (Å²) in [6.07, 6.45) is 42.8. The minimum Gasteiger partial charge on any atom is -0.462 e. The minimum atomic E-state index is -4.38. The van der Waals surface area contributed by atoms with Gasteiger partial charge in [-0.1, -0.05) is 133 Å². The van der Waals surface area contributed by atoms with Crippen LogP contribution >= 0.6 is 7.82 Å². The average molecular weight is 754 g/mol. The summed E-state index contributed by atoms with van der Waals surface area (Å²) in [5.41, 5.74) is 5.34. The predicted molar refractivity (Wildman–Crippen MR) is 215 cm³/mol. The van der Waals surface area contributed by atoms with Crippen LogP contribution in [0.5, 0.6) is 0 Å². The molecule has 0 aromatic heterocycles. The number of carbonyl (C=O) groups excluding carboxylic acids is 2. The number of phosphoric acid groups is 1. The molecule has 0 saturated carbocycles. The van der Waals surface area contributed by atoms with Gasteiger partial charge in [0.05, 0.1) is 13.2 Å². The summed E-state index contributed by atoms with van der Waals surface area (Å²) in [4.78, 5) is 34.8. The Morgan fingerprint density at radius 2 is 1.00 bits per heavy atom. The highest BCUT2D eigenvalue weighted by atomic mass is 31.2. The third-order valence-electron chi connectivity index (χ3n) is 8.44. The SMILES string of the molecule is CCCCC/C=C\C/C=C\C/C=C\CCCCC(=O)OC[C@H](COP(=O)(O)OCCN)OC(=O)CCCCCCC/C=C\CCCCCCCCC. The molecular formula is C42H76NO8P. The molecule has 0 aliphatic heterocycles. The maximum Gasteiger partial charge on any atom is 0.472 e. The summed E-state index contributed by atoms with van der Waals surface area (Å²) >= 11 is 0. The monoisotopic (exact) mass is 754 g/mol. The predicted octanol–water partition coefficient (Wildman–Crippen LogP) is 11.6. The Morgan fingerprint density at radius 1 is 0.577 bits per heavy atom. The van der Waals surface area contributed by atoms with E-state index in [2.05, 4.69) is 62.5 Å². The van der Waals surface area contributed by atoms with Crippen molar-refractivity contribution in [3.05, 3.63) is 48.6 Å². The van der Waals surface area contributed by atoms with Crippen LogP contribution in [0.25, 0.3) is 0 Å². The summed E-state index contributed by atoms with van der Waals surface area (Å²) in [7, 11) is -4.38. The first-order valence-electron chi connectivity index (χ1n) is 20.6. The van der Waals surface area contributed by atoms with E-state index in [1.807, 2.05) is 0 Å². The quantitative estimate of drug-likeness (QED) is 0.0273. The zero-order valence-corrected chi connectivity index (χ0v) is 33.9. The van der Waals surface area contributed by atoms with Crippen molar-refractivity contribution in [1.29, 1.82) is 0 Å². The molecule has 0 radical (unpaired) electrons. The fourth-order valence-corrected chi connectivity index (χ4v) is 6.11. The second-order valence-electron chi connectivity index (χ2n) is 13.5. The summed E-state index contributed by atoms with van der Waals surface area (Å²) < 4.78 is 32.7. The van der Waals surface area contributed by atoms with Gasteiger partial charge in [0.1, 0.15) is 6.61 Å². The third-order valence-corrected chi connectivity index (χ3v) is 9.42. The Morgan fingerprint density at radius 3 is 1.58 bits per heavy atom. The first kappa shape index (κ1) is 50.0. The molecular weight excluding hydrogens is 677 g/mol. The smallest absolute Gasteiger partial charge is 0.462 e. The zero-order valence-electron chi connectivity index (χ0n) is 33.0. The number of unbranched alkanes of at least 4 members (excludes halogenated alkanes) is 17. The highest BCUT2D eigenvalue weighted by Gasteiger charge is 2.25. The number of phosphoric ester groups is 1. The molecule has 52 heavy (non-hydrogen) atoms. The van der Waals surface area contributed by atoms with Crippen molar-refractivity contribution in [3.8, 4) is 0 Å². The molecule has 0 aromatic carbocycles. The number of rotatable bonds is 38. The molecule has 0 bridgehead atoms. The van der Waals surface area contributed by atoms with Crippen LogP contribution in [0.15, 0.2) is 48.6 Å². The molecule has 1 unspecified atom stereocenters. The summed E-state index contributed by atoms with van der Waals surface area (Å²) in [6, 6.07) is 0. The molecule has 0 aromatic rings. The third kappa shape index (κ3) is 37.7. The van der Waals surface area contributed by atoms with Crippen molar-refractivity contribution in [3.63, 3.8) is 0 Å². The maximum atomic E-state index is 12.6. The van der Waals surface area contributed by atoms with Gasteiger partial charge >= 0.3 is 19.8 Å². The molecule has 0 aliphatic carbocycles. The van der Waals surface area contributed by atoms with Crippen molar-refractivity contribution < 1.29 is 37.6 Å². The molecule has 0 saturated heterocycles. The van der Waals surface area contributed by atoms with Crippen molar-refractivity contribution >= 4 is 19.8 Å². The summed E-state index contributed by atoms with van der Waals surface area (Å²) in [6.45, 7) is 3.64. The first-order chi connectivity index (χ1) is 25.3. The average Bonchev–Trinajstić information content (AvgIpc) is 3.13. The fraction of sp³-hybridized carbons (Fsp3) is 0.762. The van der Waals surface area contributed by atoms with Crippen LogP contribution in [0.3, 0.4) is 0 Å².